The van der Waals surface area contributed by atoms with Gasteiger partial charge in [-0.05, 0) is 35.4 Å². The van der Waals surface area contributed by atoms with Crippen molar-refractivity contribution in [3.63, 3.8) is 0 Å². The van der Waals surface area contributed by atoms with E-state index in [0.29, 0.717) is 13.1 Å². The lowest BCUT2D eigenvalue weighted by Crippen LogP contribution is -2.21. The molecule has 0 amide bonds. The standard InChI is InChI=1S/C17H19F2NO3/c1-22-14-8-4-13(5-9-14)16(21)11-20-10-12-2-6-15(7-3-12)23-17(18)19/h2-9,16-17,20-21H,10-11H2,1H3. The van der Waals surface area contributed by atoms with Crippen molar-refractivity contribution < 1.29 is 23.4 Å². The monoisotopic (exact) mass is 323 g/mol. The summed E-state index contributed by atoms with van der Waals surface area (Å²) in [4.78, 5) is 0. The van der Waals surface area contributed by atoms with Gasteiger partial charge >= 0.3 is 6.61 Å². The van der Waals surface area contributed by atoms with Crippen molar-refractivity contribution in [2.24, 2.45) is 0 Å². The summed E-state index contributed by atoms with van der Waals surface area (Å²) in [5.74, 6) is 0.863. The molecule has 4 nitrogen and oxygen atoms in total. The van der Waals surface area contributed by atoms with Crippen molar-refractivity contribution in [1.29, 1.82) is 0 Å². The lowest BCUT2D eigenvalue weighted by Gasteiger charge is -2.13. The molecular formula is C17H19F2NO3. The Labute approximate surface area is 133 Å². The van der Waals surface area contributed by atoms with E-state index in [0.717, 1.165) is 16.9 Å². The van der Waals surface area contributed by atoms with E-state index in [9.17, 15) is 13.9 Å². The maximum atomic E-state index is 12.1. The Morgan fingerprint density at radius 3 is 2.17 bits per heavy atom. The van der Waals surface area contributed by atoms with E-state index in [1.807, 2.05) is 12.1 Å². The minimum atomic E-state index is -2.82. The topological polar surface area (TPSA) is 50.7 Å². The second kappa shape index (κ2) is 8.45. The molecule has 2 N–H and O–H groups in total. The van der Waals surface area contributed by atoms with E-state index >= 15 is 0 Å². The zero-order valence-electron chi connectivity index (χ0n) is 12.7. The SMILES string of the molecule is COc1ccc(C(O)CNCc2ccc(OC(F)F)cc2)cc1. The number of alkyl halides is 2. The van der Waals surface area contributed by atoms with Gasteiger partial charge < -0.3 is 19.9 Å². The van der Waals surface area contributed by atoms with Crippen LogP contribution in [0.5, 0.6) is 11.5 Å². The van der Waals surface area contributed by atoms with Gasteiger partial charge in [0.1, 0.15) is 11.5 Å². The summed E-state index contributed by atoms with van der Waals surface area (Å²) in [7, 11) is 1.59. The molecule has 0 saturated carbocycles. The fourth-order valence-electron chi connectivity index (χ4n) is 2.09. The quantitative estimate of drug-likeness (QED) is 0.784. The zero-order valence-corrected chi connectivity index (χ0v) is 12.7. The molecule has 0 fully saturated rings. The van der Waals surface area contributed by atoms with Crippen LogP contribution < -0.4 is 14.8 Å². The predicted molar refractivity (Wildman–Crippen MR) is 82.7 cm³/mol. The van der Waals surface area contributed by atoms with Gasteiger partial charge in [-0.3, -0.25) is 0 Å². The van der Waals surface area contributed by atoms with Crippen molar-refractivity contribution >= 4 is 0 Å². The number of hydrogen-bond donors (Lipinski definition) is 2. The molecule has 1 atom stereocenters. The van der Waals surface area contributed by atoms with Gasteiger partial charge in [-0.2, -0.15) is 8.78 Å². The average molecular weight is 323 g/mol. The lowest BCUT2D eigenvalue weighted by molar-refractivity contribution is -0.0498. The van der Waals surface area contributed by atoms with E-state index in [1.54, 1.807) is 31.4 Å². The van der Waals surface area contributed by atoms with E-state index < -0.39 is 12.7 Å². The van der Waals surface area contributed by atoms with Crippen LogP contribution in [0.2, 0.25) is 0 Å². The second-order valence-electron chi connectivity index (χ2n) is 4.94. The van der Waals surface area contributed by atoms with Crippen molar-refractivity contribution in [2.45, 2.75) is 19.3 Å². The Morgan fingerprint density at radius 2 is 1.61 bits per heavy atom. The molecule has 0 aliphatic carbocycles. The summed E-state index contributed by atoms with van der Waals surface area (Å²) in [6.07, 6.45) is -0.637. The van der Waals surface area contributed by atoms with Crippen molar-refractivity contribution in [3.8, 4) is 11.5 Å². The van der Waals surface area contributed by atoms with Gasteiger partial charge in [0.15, 0.2) is 0 Å². The van der Waals surface area contributed by atoms with Crippen LogP contribution >= 0.6 is 0 Å². The van der Waals surface area contributed by atoms with Gasteiger partial charge in [-0.15, -0.1) is 0 Å². The zero-order chi connectivity index (χ0) is 16.7. The summed E-state index contributed by atoms with van der Waals surface area (Å²) >= 11 is 0. The Hall–Kier alpha value is -2.18. The minimum absolute atomic E-state index is 0.127. The summed E-state index contributed by atoms with van der Waals surface area (Å²) in [6, 6.07) is 13.6. The molecular weight excluding hydrogens is 304 g/mol. The molecule has 0 radical (unpaired) electrons. The van der Waals surface area contributed by atoms with Crippen LogP contribution in [0.25, 0.3) is 0 Å². The Morgan fingerprint density at radius 1 is 1.00 bits per heavy atom. The summed E-state index contributed by atoms with van der Waals surface area (Å²) in [5.41, 5.74) is 1.70. The Kier molecular flexibility index (Phi) is 6.31. The molecule has 0 aliphatic rings. The van der Waals surface area contributed by atoms with E-state index in [-0.39, 0.29) is 5.75 Å². The third kappa shape index (κ3) is 5.50. The van der Waals surface area contributed by atoms with Crippen LogP contribution in [0.15, 0.2) is 48.5 Å². The van der Waals surface area contributed by atoms with E-state index in [4.69, 9.17) is 4.74 Å². The molecule has 2 aromatic carbocycles. The normalized spacial score (nSPS) is 12.2. The number of hydrogen-bond acceptors (Lipinski definition) is 4. The molecule has 0 aromatic heterocycles. The molecule has 0 aliphatic heterocycles. The van der Waals surface area contributed by atoms with Gasteiger partial charge in [0.25, 0.3) is 0 Å². The molecule has 124 valence electrons. The van der Waals surface area contributed by atoms with E-state index in [1.165, 1.54) is 12.1 Å². The van der Waals surface area contributed by atoms with Gasteiger partial charge in [0.2, 0.25) is 0 Å². The average Bonchev–Trinajstić information content (AvgIpc) is 2.56. The fraction of sp³-hybridized carbons (Fsp3) is 0.294. The molecule has 2 rings (SSSR count). The highest BCUT2D eigenvalue weighted by molar-refractivity contribution is 5.29. The molecule has 0 spiro atoms. The van der Waals surface area contributed by atoms with E-state index in [2.05, 4.69) is 10.1 Å². The number of ether oxygens (including phenoxy) is 2. The predicted octanol–water partition coefficient (Wildman–Crippen LogP) is 3.12. The highest BCUT2D eigenvalue weighted by Crippen LogP contribution is 2.18. The molecule has 0 saturated heterocycles. The van der Waals surface area contributed by atoms with Crippen LogP contribution in [-0.4, -0.2) is 25.4 Å². The maximum Gasteiger partial charge on any atom is 0.387 e. The highest BCUT2D eigenvalue weighted by Gasteiger charge is 2.07. The van der Waals surface area contributed by atoms with Crippen LogP contribution in [0.1, 0.15) is 17.2 Å². The third-order valence-electron chi connectivity index (χ3n) is 3.32. The first-order chi connectivity index (χ1) is 11.1. The van der Waals surface area contributed by atoms with Crippen LogP contribution in [0.3, 0.4) is 0 Å². The van der Waals surface area contributed by atoms with Gasteiger partial charge in [0, 0.05) is 13.1 Å². The Bertz CT molecular complexity index is 588. The largest absolute Gasteiger partial charge is 0.497 e. The summed E-state index contributed by atoms with van der Waals surface area (Å²) in [5, 5.41) is 13.2. The number of rotatable bonds is 8. The van der Waals surface area contributed by atoms with Crippen LogP contribution in [0.4, 0.5) is 8.78 Å². The number of aliphatic hydroxyl groups is 1. The molecule has 2 aromatic rings. The smallest absolute Gasteiger partial charge is 0.387 e. The van der Waals surface area contributed by atoms with Crippen molar-refractivity contribution in [2.75, 3.05) is 13.7 Å². The molecule has 0 bridgehead atoms. The molecule has 0 heterocycles. The van der Waals surface area contributed by atoms with Gasteiger partial charge in [0.05, 0.1) is 13.2 Å². The second-order valence-corrected chi connectivity index (χ2v) is 4.94. The Balaban J connectivity index is 1.79. The first-order valence-electron chi connectivity index (χ1n) is 7.15. The maximum absolute atomic E-state index is 12.1. The first-order valence-corrected chi connectivity index (χ1v) is 7.15. The number of nitrogens with one attached hydrogen (secondary N) is 1. The molecule has 1 unspecified atom stereocenters. The molecule has 23 heavy (non-hydrogen) atoms. The minimum Gasteiger partial charge on any atom is -0.497 e. The third-order valence-corrected chi connectivity index (χ3v) is 3.32. The fourth-order valence-corrected chi connectivity index (χ4v) is 2.09. The van der Waals surface area contributed by atoms with Gasteiger partial charge in [-0.25, -0.2) is 0 Å². The summed E-state index contributed by atoms with van der Waals surface area (Å²) in [6.45, 7) is -1.93. The van der Waals surface area contributed by atoms with Crippen LogP contribution in [0, 0.1) is 0 Å². The lowest BCUT2D eigenvalue weighted by atomic mass is 10.1. The first kappa shape index (κ1) is 17.2. The molecule has 6 heteroatoms. The number of halogens is 2. The van der Waals surface area contributed by atoms with Crippen molar-refractivity contribution in [1.82, 2.24) is 5.32 Å². The van der Waals surface area contributed by atoms with Crippen LogP contribution in [-0.2, 0) is 6.54 Å². The summed E-state index contributed by atoms with van der Waals surface area (Å²) < 4.78 is 33.5. The highest BCUT2D eigenvalue weighted by atomic mass is 19.3. The number of benzene rings is 2. The van der Waals surface area contributed by atoms with Gasteiger partial charge in [-0.1, -0.05) is 24.3 Å². The number of aliphatic hydroxyl groups excluding tert-OH is 1. The van der Waals surface area contributed by atoms with Crippen molar-refractivity contribution in [3.05, 3.63) is 59.7 Å². The number of methoxy groups -OCH3 is 1.